The third-order valence-electron chi connectivity index (χ3n) is 3.28. The van der Waals surface area contributed by atoms with E-state index < -0.39 is 0 Å². The lowest BCUT2D eigenvalue weighted by Gasteiger charge is -2.24. The Labute approximate surface area is 114 Å². The minimum absolute atomic E-state index is 0.119. The number of carbonyl (C=O) groups is 1. The zero-order chi connectivity index (χ0) is 13.7. The van der Waals surface area contributed by atoms with Gasteiger partial charge < -0.3 is 4.90 Å². The van der Waals surface area contributed by atoms with Crippen LogP contribution in [0.15, 0.2) is 60.7 Å². The van der Waals surface area contributed by atoms with Gasteiger partial charge in [-0.05, 0) is 19.7 Å². The molecule has 0 N–H and O–H groups in total. The number of benzene rings is 2. The summed E-state index contributed by atoms with van der Waals surface area (Å²) < 4.78 is 0. The number of hydrogen-bond donors (Lipinski definition) is 0. The Morgan fingerprint density at radius 1 is 0.947 bits per heavy atom. The fraction of sp³-hybridized carbons (Fsp3) is 0.235. The number of Topliss-reactive ketones (excluding diaryl/α,β-unsaturated/α-hetero) is 1. The molecule has 0 fully saturated rings. The zero-order valence-electron chi connectivity index (χ0n) is 11.4. The lowest BCUT2D eigenvalue weighted by atomic mass is 9.97. The van der Waals surface area contributed by atoms with Crippen molar-refractivity contribution in [2.24, 2.45) is 0 Å². The van der Waals surface area contributed by atoms with Crippen LogP contribution < -0.4 is 0 Å². The van der Waals surface area contributed by atoms with Crippen molar-refractivity contribution in [1.29, 1.82) is 0 Å². The standard InChI is InChI=1S/C17H19NO/c1-18(2)16(14-9-5-3-6-10-14)13-17(19)15-11-7-4-8-12-15/h3-12,16H,13H2,1-2H3. The van der Waals surface area contributed by atoms with Gasteiger partial charge in [-0.25, -0.2) is 0 Å². The highest BCUT2D eigenvalue weighted by molar-refractivity contribution is 5.96. The van der Waals surface area contributed by atoms with Crippen LogP contribution in [0.2, 0.25) is 0 Å². The Kier molecular flexibility index (Phi) is 4.48. The van der Waals surface area contributed by atoms with E-state index in [0.29, 0.717) is 6.42 Å². The fourth-order valence-electron chi connectivity index (χ4n) is 2.19. The minimum Gasteiger partial charge on any atom is -0.302 e. The largest absolute Gasteiger partial charge is 0.302 e. The molecule has 0 aromatic heterocycles. The van der Waals surface area contributed by atoms with Crippen molar-refractivity contribution in [2.45, 2.75) is 12.5 Å². The molecule has 0 heterocycles. The van der Waals surface area contributed by atoms with Gasteiger partial charge >= 0.3 is 0 Å². The molecule has 19 heavy (non-hydrogen) atoms. The van der Waals surface area contributed by atoms with Gasteiger partial charge in [0.1, 0.15) is 0 Å². The molecule has 1 atom stereocenters. The molecule has 98 valence electrons. The Morgan fingerprint density at radius 2 is 1.47 bits per heavy atom. The highest BCUT2D eigenvalue weighted by Crippen LogP contribution is 2.23. The van der Waals surface area contributed by atoms with Crippen molar-refractivity contribution < 1.29 is 4.79 Å². The highest BCUT2D eigenvalue weighted by atomic mass is 16.1. The maximum absolute atomic E-state index is 12.3. The number of nitrogens with zero attached hydrogens (tertiary/aromatic N) is 1. The first-order chi connectivity index (χ1) is 9.18. The highest BCUT2D eigenvalue weighted by Gasteiger charge is 2.18. The van der Waals surface area contributed by atoms with Crippen LogP contribution in [0.4, 0.5) is 0 Å². The molecule has 0 saturated heterocycles. The lowest BCUT2D eigenvalue weighted by Crippen LogP contribution is -2.22. The van der Waals surface area contributed by atoms with Gasteiger partial charge in [0.15, 0.2) is 5.78 Å². The smallest absolute Gasteiger partial charge is 0.164 e. The van der Waals surface area contributed by atoms with Gasteiger partial charge in [-0.3, -0.25) is 4.79 Å². The average molecular weight is 253 g/mol. The molecule has 2 heteroatoms. The van der Waals surface area contributed by atoms with Crippen molar-refractivity contribution in [3.8, 4) is 0 Å². The second-order valence-corrected chi connectivity index (χ2v) is 4.88. The SMILES string of the molecule is CN(C)C(CC(=O)c1ccccc1)c1ccccc1. The Balaban J connectivity index is 2.17. The molecule has 1 unspecified atom stereocenters. The molecule has 2 nitrogen and oxygen atoms in total. The van der Waals surface area contributed by atoms with E-state index in [9.17, 15) is 4.79 Å². The van der Waals surface area contributed by atoms with Crippen LogP contribution in [0.5, 0.6) is 0 Å². The molecule has 2 aromatic rings. The minimum atomic E-state index is 0.119. The van der Waals surface area contributed by atoms with E-state index in [4.69, 9.17) is 0 Å². The van der Waals surface area contributed by atoms with Crippen molar-refractivity contribution in [1.82, 2.24) is 4.90 Å². The predicted octanol–water partition coefficient (Wildman–Crippen LogP) is 3.56. The summed E-state index contributed by atoms with van der Waals surface area (Å²) in [6.07, 6.45) is 0.501. The van der Waals surface area contributed by atoms with Crippen molar-refractivity contribution in [3.05, 3.63) is 71.8 Å². The summed E-state index contributed by atoms with van der Waals surface area (Å²) in [4.78, 5) is 14.4. The number of carbonyl (C=O) groups excluding carboxylic acids is 1. The van der Waals surface area contributed by atoms with Crippen LogP contribution in [-0.2, 0) is 0 Å². The molecule has 0 bridgehead atoms. The van der Waals surface area contributed by atoms with Gasteiger partial charge in [0, 0.05) is 18.0 Å². The summed E-state index contributed by atoms with van der Waals surface area (Å²) in [6, 6.07) is 19.8. The van der Waals surface area contributed by atoms with E-state index in [0.717, 1.165) is 5.56 Å². The molecule has 2 aromatic carbocycles. The second kappa shape index (κ2) is 6.30. The van der Waals surface area contributed by atoms with Crippen molar-refractivity contribution >= 4 is 5.78 Å². The van der Waals surface area contributed by atoms with E-state index in [1.54, 1.807) is 0 Å². The summed E-state index contributed by atoms with van der Waals surface area (Å²) in [6.45, 7) is 0. The first-order valence-corrected chi connectivity index (χ1v) is 6.48. The lowest BCUT2D eigenvalue weighted by molar-refractivity contribution is 0.0944. The van der Waals surface area contributed by atoms with E-state index in [2.05, 4.69) is 17.0 Å². The van der Waals surface area contributed by atoms with Gasteiger partial charge in [0.05, 0.1) is 0 Å². The van der Waals surface area contributed by atoms with Gasteiger partial charge in [-0.1, -0.05) is 60.7 Å². The molecule has 0 aliphatic heterocycles. The molecule has 0 amide bonds. The van der Waals surface area contributed by atoms with Crippen LogP contribution in [-0.4, -0.2) is 24.8 Å². The Hall–Kier alpha value is -1.93. The van der Waals surface area contributed by atoms with E-state index >= 15 is 0 Å². The van der Waals surface area contributed by atoms with Gasteiger partial charge in [0.25, 0.3) is 0 Å². The first-order valence-electron chi connectivity index (χ1n) is 6.48. The van der Waals surface area contributed by atoms with Gasteiger partial charge in [0.2, 0.25) is 0 Å². The summed E-state index contributed by atoms with van der Waals surface area (Å²) in [5.74, 6) is 0.183. The molecule has 0 aliphatic carbocycles. The van der Waals surface area contributed by atoms with Crippen molar-refractivity contribution in [2.75, 3.05) is 14.1 Å². The van der Waals surface area contributed by atoms with Gasteiger partial charge in [-0.2, -0.15) is 0 Å². The fourth-order valence-corrected chi connectivity index (χ4v) is 2.19. The zero-order valence-corrected chi connectivity index (χ0v) is 11.4. The molecule has 2 rings (SSSR count). The van der Waals surface area contributed by atoms with Crippen LogP contribution in [0.3, 0.4) is 0 Å². The number of hydrogen-bond acceptors (Lipinski definition) is 2. The van der Waals surface area contributed by atoms with E-state index in [1.807, 2.05) is 62.6 Å². The summed E-state index contributed by atoms with van der Waals surface area (Å²) in [5, 5.41) is 0. The molecule has 0 aliphatic rings. The second-order valence-electron chi connectivity index (χ2n) is 4.88. The number of rotatable bonds is 5. The normalized spacial score (nSPS) is 12.4. The van der Waals surface area contributed by atoms with Crippen molar-refractivity contribution in [3.63, 3.8) is 0 Å². The van der Waals surface area contributed by atoms with E-state index in [-0.39, 0.29) is 11.8 Å². The quantitative estimate of drug-likeness (QED) is 0.759. The number of ketones is 1. The van der Waals surface area contributed by atoms with Crippen LogP contribution >= 0.6 is 0 Å². The first kappa shape index (κ1) is 13.5. The van der Waals surface area contributed by atoms with Crippen LogP contribution in [0, 0.1) is 0 Å². The van der Waals surface area contributed by atoms with Crippen LogP contribution in [0.1, 0.15) is 28.4 Å². The molecule has 0 saturated carbocycles. The maximum Gasteiger partial charge on any atom is 0.164 e. The molecule has 0 radical (unpaired) electrons. The maximum atomic E-state index is 12.3. The summed E-state index contributed by atoms with van der Waals surface area (Å²) >= 11 is 0. The van der Waals surface area contributed by atoms with Gasteiger partial charge in [-0.15, -0.1) is 0 Å². The molecule has 0 spiro atoms. The Bertz CT molecular complexity index is 519. The average Bonchev–Trinajstić information content (AvgIpc) is 2.46. The van der Waals surface area contributed by atoms with Crippen LogP contribution in [0.25, 0.3) is 0 Å². The summed E-state index contributed by atoms with van der Waals surface area (Å²) in [7, 11) is 4.02. The third-order valence-corrected chi connectivity index (χ3v) is 3.28. The topological polar surface area (TPSA) is 20.3 Å². The molecular weight excluding hydrogens is 234 g/mol. The third kappa shape index (κ3) is 3.52. The molecular formula is C17H19NO. The summed E-state index contributed by atoms with van der Waals surface area (Å²) in [5.41, 5.74) is 1.96. The Morgan fingerprint density at radius 3 is 2.00 bits per heavy atom. The van der Waals surface area contributed by atoms with E-state index in [1.165, 1.54) is 5.56 Å². The predicted molar refractivity (Wildman–Crippen MR) is 78.3 cm³/mol. The monoisotopic (exact) mass is 253 g/mol.